The normalized spacial score (nSPS) is 26.4. The van der Waals surface area contributed by atoms with Gasteiger partial charge in [0.2, 0.25) is 0 Å². The fourth-order valence-electron chi connectivity index (χ4n) is 3.17. The Morgan fingerprint density at radius 1 is 1.12 bits per heavy atom. The van der Waals surface area contributed by atoms with Crippen LogP contribution in [0, 0.1) is 0 Å². The van der Waals surface area contributed by atoms with Gasteiger partial charge in [0.05, 0.1) is 11.7 Å². The Balaban J connectivity index is 1.86. The first kappa shape index (κ1) is 10.3. The molecule has 0 spiro atoms. The van der Waals surface area contributed by atoms with E-state index >= 15 is 0 Å². The van der Waals surface area contributed by atoms with Gasteiger partial charge in [-0.15, -0.1) is 0 Å². The molecule has 16 heavy (non-hydrogen) atoms. The Kier molecular flexibility index (Phi) is 2.92. The molecule has 0 unspecified atom stereocenters. The molecule has 1 aromatic rings. The van der Waals surface area contributed by atoms with Crippen LogP contribution in [-0.4, -0.2) is 23.0 Å². The van der Waals surface area contributed by atoms with Crippen molar-refractivity contribution in [3.8, 4) is 0 Å². The van der Waals surface area contributed by atoms with Gasteiger partial charge >= 0.3 is 0 Å². The van der Waals surface area contributed by atoms with Crippen molar-refractivity contribution in [1.29, 1.82) is 0 Å². The van der Waals surface area contributed by atoms with Crippen LogP contribution in [0.5, 0.6) is 0 Å². The van der Waals surface area contributed by atoms with Gasteiger partial charge in [0.1, 0.15) is 0 Å². The number of likely N-dealkylation sites (tertiary alicyclic amines) is 1. The van der Waals surface area contributed by atoms with Crippen LogP contribution in [0.2, 0.25) is 0 Å². The number of piperidine rings is 1. The second-order valence-corrected chi connectivity index (χ2v) is 5.05. The van der Waals surface area contributed by atoms with Gasteiger partial charge in [-0.2, -0.15) is 0 Å². The predicted molar refractivity (Wildman–Crippen MR) is 65.3 cm³/mol. The SMILES string of the molecule is c1cnc2c(c1)CCC[C@@H]2N1CCCCC1. The molecule has 1 aliphatic heterocycles. The van der Waals surface area contributed by atoms with Gasteiger partial charge < -0.3 is 0 Å². The Hall–Kier alpha value is -0.890. The average Bonchev–Trinajstić information content (AvgIpc) is 2.39. The molecule has 1 aliphatic carbocycles. The third-order valence-corrected chi connectivity index (χ3v) is 4.00. The fourth-order valence-corrected chi connectivity index (χ4v) is 3.17. The van der Waals surface area contributed by atoms with Crippen LogP contribution in [0.1, 0.15) is 49.4 Å². The van der Waals surface area contributed by atoms with Crippen LogP contribution in [0.25, 0.3) is 0 Å². The lowest BCUT2D eigenvalue weighted by atomic mass is 9.90. The number of aromatic nitrogens is 1. The van der Waals surface area contributed by atoms with Crippen molar-refractivity contribution < 1.29 is 0 Å². The predicted octanol–water partition coefficient (Wildman–Crippen LogP) is 2.94. The van der Waals surface area contributed by atoms with Crippen molar-refractivity contribution in [3.05, 3.63) is 29.6 Å². The molecule has 0 saturated carbocycles. The highest BCUT2D eigenvalue weighted by Gasteiger charge is 2.27. The molecule has 0 amide bonds. The van der Waals surface area contributed by atoms with Gasteiger partial charge in [0.15, 0.2) is 0 Å². The standard InChI is InChI=1S/C14H20N2/c1-2-10-16(11-3-1)13-8-4-6-12-7-5-9-15-14(12)13/h5,7,9,13H,1-4,6,8,10-11H2/t13-/m0/s1. The van der Waals surface area contributed by atoms with Crippen molar-refractivity contribution in [3.63, 3.8) is 0 Å². The van der Waals surface area contributed by atoms with Gasteiger partial charge in [-0.25, -0.2) is 0 Å². The summed E-state index contributed by atoms with van der Waals surface area (Å²) in [5.41, 5.74) is 2.86. The minimum absolute atomic E-state index is 0.616. The molecule has 2 aliphatic rings. The molecule has 1 atom stereocenters. The lowest BCUT2D eigenvalue weighted by Gasteiger charge is -2.37. The van der Waals surface area contributed by atoms with Crippen LogP contribution >= 0.6 is 0 Å². The van der Waals surface area contributed by atoms with Crippen molar-refractivity contribution in [2.45, 2.75) is 44.6 Å². The number of fused-ring (bicyclic) bond motifs is 1. The van der Waals surface area contributed by atoms with Crippen LogP contribution < -0.4 is 0 Å². The van der Waals surface area contributed by atoms with E-state index < -0.39 is 0 Å². The lowest BCUT2D eigenvalue weighted by Crippen LogP contribution is -2.36. The summed E-state index contributed by atoms with van der Waals surface area (Å²) < 4.78 is 0. The molecular weight excluding hydrogens is 196 g/mol. The Bertz CT molecular complexity index is 356. The molecule has 0 aromatic carbocycles. The van der Waals surface area contributed by atoms with E-state index in [1.807, 2.05) is 6.20 Å². The quantitative estimate of drug-likeness (QED) is 0.717. The summed E-state index contributed by atoms with van der Waals surface area (Å²) in [4.78, 5) is 7.30. The smallest absolute Gasteiger partial charge is 0.0607 e. The summed E-state index contributed by atoms with van der Waals surface area (Å²) in [5.74, 6) is 0. The summed E-state index contributed by atoms with van der Waals surface area (Å²) in [6.45, 7) is 2.56. The molecule has 2 heterocycles. The van der Waals surface area contributed by atoms with E-state index in [0.717, 1.165) is 0 Å². The third kappa shape index (κ3) is 1.86. The monoisotopic (exact) mass is 216 g/mol. The first-order valence-electron chi connectivity index (χ1n) is 6.63. The molecule has 0 N–H and O–H groups in total. The number of hydrogen-bond donors (Lipinski definition) is 0. The first-order chi connectivity index (χ1) is 7.95. The first-order valence-corrected chi connectivity index (χ1v) is 6.63. The minimum atomic E-state index is 0.616. The molecule has 0 bridgehead atoms. The summed E-state index contributed by atoms with van der Waals surface area (Å²) in [6, 6.07) is 4.96. The van der Waals surface area contributed by atoms with Gasteiger partial charge in [-0.05, 0) is 56.8 Å². The molecular formula is C14H20N2. The molecule has 86 valence electrons. The van der Waals surface area contributed by atoms with E-state index in [9.17, 15) is 0 Å². The van der Waals surface area contributed by atoms with Gasteiger partial charge in [0, 0.05) is 6.20 Å². The maximum atomic E-state index is 4.63. The number of aryl methyl sites for hydroxylation is 1. The highest BCUT2D eigenvalue weighted by molar-refractivity contribution is 5.25. The number of rotatable bonds is 1. The van der Waals surface area contributed by atoms with Crippen molar-refractivity contribution in [1.82, 2.24) is 9.88 Å². The zero-order chi connectivity index (χ0) is 10.8. The molecule has 1 fully saturated rings. The maximum Gasteiger partial charge on any atom is 0.0607 e. The van der Waals surface area contributed by atoms with E-state index in [2.05, 4.69) is 22.0 Å². The van der Waals surface area contributed by atoms with Crippen LogP contribution in [0.15, 0.2) is 18.3 Å². The van der Waals surface area contributed by atoms with Gasteiger partial charge in [-0.3, -0.25) is 9.88 Å². The highest BCUT2D eigenvalue weighted by atomic mass is 15.2. The van der Waals surface area contributed by atoms with E-state index in [-0.39, 0.29) is 0 Å². The van der Waals surface area contributed by atoms with Crippen molar-refractivity contribution in [2.75, 3.05) is 13.1 Å². The summed E-state index contributed by atoms with van der Waals surface area (Å²) in [6.07, 6.45) is 9.99. The number of pyridine rings is 1. The Labute approximate surface area is 97.7 Å². The zero-order valence-corrected chi connectivity index (χ0v) is 9.86. The Morgan fingerprint density at radius 3 is 2.88 bits per heavy atom. The maximum absolute atomic E-state index is 4.63. The third-order valence-electron chi connectivity index (χ3n) is 4.00. The van der Waals surface area contributed by atoms with Crippen LogP contribution in [-0.2, 0) is 6.42 Å². The van der Waals surface area contributed by atoms with Crippen LogP contribution in [0.4, 0.5) is 0 Å². The van der Waals surface area contributed by atoms with E-state index in [1.165, 1.54) is 62.9 Å². The van der Waals surface area contributed by atoms with Crippen LogP contribution in [0.3, 0.4) is 0 Å². The minimum Gasteiger partial charge on any atom is -0.295 e. The van der Waals surface area contributed by atoms with Gasteiger partial charge in [-0.1, -0.05) is 12.5 Å². The van der Waals surface area contributed by atoms with Crippen molar-refractivity contribution >= 4 is 0 Å². The fraction of sp³-hybridized carbons (Fsp3) is 0.643. The molecule has 0 radical (unpaired) electrons. The molecule has 2 heteroatoms. The highest BCUT2D eigenvalue weighted by Crippen LogP contribution is 2.34. The average molecular weight is 216 g/mol. The van der Waals surface area contributed by atoms with E-state index in [4.69, 9.17) is 0 Å². The zero-order valence-electron chi connectivity index (χ0n) is 9.86. The summed E-state index contributed by atoms with van der Waals surface area (Å²) in [5, 5.41) is 0. The van der Waals surface area contributed by atoms with Crippen molar-refractivity contribution in [2.24, 2.45) is 0 Å². The molecule has 1 aromatic heterocycles. The van der Waals surface area contributed by atoms with E-state index in [0.29, 0.717) is 6.04 Å². The van der Waals surface area contributed by atoms with E-state index in [1.54, 1.807) is 0 Å². The van der Waals surface area contributed by atoms with Gasteiger partial charge in [0.25, 0.3) is 0 Å². The largest absolute Gasteiger partial charge is 0.295 e. The second-order valence-electron chi connectivity index (χ2n) is 5.05. The molecule has 1 saturated heterocycles. The Morgan fingerprint density at radius 2 is 2.00 bits per heavy atom. The number of nitrogens with zero attached hydrogens (tertiary/aromatic N) is 2. The molecule has 3 rings (SSSR count). The number of hydrogen-bond acceptors (Lipinski definition) is 2. The summed E-state index contributed by atoms with van der Waals surface area (Å²) in [7, 11) is 0. The topological polar surface area (TPSA) is 16.1 Å². The second kappa shape index (κ2) is 4.54. The summed E-state index contributed by atoms with van der Waals surface area (Å²) >= 11 is 0. The molecule has 2 nitrogen and oxygen atoms in total. The lowest BCUT2D eigenvalue weighted by molar-refractivity contribution is 0.145.